The van der Waals surface area contributed by atoms with Gasteiger partial charge in [-0.15, -0.1) is 0 Å². The predicted molar refractivity (Wildman–Crippen MR) is 136 cm³/mol. The Morgan fingerprint density at radius 1 is 1.17 bits per heavy atom. The van der Waals surface area contributed by atoms with Crippen LogP contribution in [-0.4, -0.2) is 33.8 Å². The van der Waals surface area contributed by atoms with Crippen molar-refractivity contribution in [1.29, 1.82) is 0 Å². The van der Waals surface area contributed by atoms with Gasteiger partial charge in [-0.2, -0.15) is 0 Å². The maximum atomic E-state index is 12.6. The fourth-order valence-electron chi connectivity index (χ4n) is 5.04. The zero-order chi connectivity index (χ0) is 24.9. The van der Waals surface area contributed by atoms with Crippen molar-refractivity contribution in [2.75, 3.05) is 12.4 Å². The Morgan fingerprint density at radius 2 is 1.94 bits per heavy atom. The van der Waals surface area contributed by atoms with Crippen LogP contribution < -0.4 is 15.5 Å². The number of hydrogen-bond acceptors (Lipinski definition) is 5. The Morgan fingerprint density at radius 3 is 2.51 bits per heavy atom. The number of rotatable bonds is 5. The number of anilines is 1. The maximum Gasteiger partial charge on any atom is 0.341 e. The van der Waals surface area contributed by atoms with Gasteiger partial charge in [-0.1, -0.05) is 20.8 Å². The predicted octanol–water partition coefficient (Wildman–Crippen LogP) is 5.39. The summed E-state index contributed by atoms with van der Waals surface area (Å²) >= 11 is 0. The van der Waals surface area contributed by atoms with Crippen molar-refractivity contribution in [2.45, 2.75) is 58.5 Å². The normalized spacial score (nSPS) is 17.2. The molecule has 0 spiro atoms. The summed E-state index contributed by atoms with van der Waals surface area (Å²) in [7, 11) is 1.63. The van der Waals surface area contributed by atoms with E-state index in [4.69, 9.17) is 4.74 Å². The van der Waals surface area contributed by atoms with E-state index in [1.54, 1.807) is 7.11 Å². The molecule has 3 heterocycles. The van der Waals surface area contributed by atoms with Crippen molar-refractivity contribution in [3.63, 3.8) is 0 Å². The van der Waals surface area contributed by atoms with Crippen LogP contribution in [0.1, 0.15) is 62.0 Å². The highest BCUT2D eigenvalue weighted by molar-refractivity contribution is 5.88. The third-order valence-corrected chi connectivity index (χ3v) is 7.29. The molecule has 7 heteroatoms. The third-order valence-electron chi connectivity index (χ3n) is 7.29. The number of methoxy groups -OCH3 is 1. The highest BCUT2D eigenvalue weighted by Crippen LogP contribution is 2.45. The van der Waals surface area contributed by atoms with Gasteiger partial charge in [-0.25, -0.2) is 9.78 Å². The molecule has 5 rings (SSSR count). The molecule has 0 amide bonds. The molecule has 1 unspecified atom stereocenters. The standard InChI is InChI=1S/C28H31N3O4/c1-28(2,3)25-11-17-10-20(16-8-9-26(29-14-16)30-18-6-5-7-18)24(35-4)12-19(17)22-13-23(32)21(27(33)34)15-31(22)25/h8-10,12-15,18,25H,5-7,11H2,1-4H3,(H,29,30)(H,33,34). The molecule has 1 saturated carbocycles. The Kier molecular flexibility index (Phi) is 5.66. The van der Waals surface area contributed by atoms with E-state index in [1.807, 2.05) is 22.9 Å². The van der Waals surface area contributed by atoms with Gasteiger partial charge < -0.3 is 19.7 Å². The van der Waals surface area contributed by atoms with E-state index in [1.165, 1.54) is 31.5 Å². The summed E-state index contributed by atoms with van der Waals surface area (Å²) < 4.78 is 7.72. The largest absolute Gasteiger partial charge is 0.496 e. The molecule has 1 aromatic carbocycles. The second kappa shape index (κ2) is 8.56. The van der Waals surface area contributed by atoms with Crippen LogP contribution in [0.25, 0.3) is 22.4 Å². The van der Waals surface area contributed by atoms with E-state index in [9.17, 15) is 14.7 Å². The first-order chi connectivity index (χ1) is 16.7. The second-order valence-electron chi connectivity index (χ2n) is 10.6. The number of aromatic nitrogens is 2. The number of hydrogen-bond donors (Lipinski definition) is 2. The van der Waals surface area contributed by atoms with E-state index in [-0.39, 0.29) is 17.0 Å². The molecule has 1 atom stereocenters. The Hall–Kier alpha value is -3.61. The highest BCUT2D eigenvalue weighted by atomic mass is 16.5. The Balaban J connectivity index is 1.61. The molecular weight excluding hydrogens is 442 g/mol. The number of nitrogens with zero attached hydrogens (tertiary/aromatic N) is 2. The van der Waals surface area contributed by atoms with Crippen molar-refractivity contribution in [3.8, 4) is 28.1 Å². The Bertz CT molecular complexity index is 1350. The van der Waals surface area contributed by atoms with Crippen molar-refractivity contribution in [3.05, 3.63) is 64.1 Å². The number of ether oxygens (including phenoxy) is 1. The number of aromatic carboxylic acids is 1. The first-order valence-electron chi connectivity index (χ1n) is 12.1. The fourth-order valence-corrected chi connectivity index (χ4v) is 5.04. The van der Waals surface area contributed by atoms with Crippen LogP contribution in [0.5, 0.6) is 5.75 Å². The molecule has 1 fully saturated rings. The van der Waals surface area contributed by atoms with E-state index in [0.29, 0.717) is 23.9 Å². The SMILES string of the molecule is COc1cc2c(cc1-c1ccc(NC3CCC3)nc1)CC(C(C)(C)C)n1cc(C(=O)O)c(=O)cc1-2. The summed E-state index contributed by atoms with van der Waals surface area (Å²) in [6.45, 7) is 6.40. The zero-order valence-electron chi connectivity index (χ0n) is 20.6. The lowest BCUT2D eigenvalue weighted by atomic mass is 9.78. The van der Waals surface area contributed by atoms with Gasteiger partial charge in [0.25, 0.3) is 0 Å². The van der Waals surface area contributed by atoms with Gasteiger partial charge in [-0.3, -0.25) is 4.79 Å². The summed E-state index contributed by atoms with van der Waals surface area (Å²) in [5, 5.41) is 13.0. The number of benzene rings is 1. The van der Waals surface area contributed by atoms with Crippen LogP contribution in [0.4, 0.5) is 5.82 Å². The minimum atomic E-state index is -1.21. The molecule has 2 aliphatic rings. The van der Waals surface area contributed by atoms with Crippen LogP contribution in [0.3, 0.4) is 0 Å². The van der Waals surface area contributed by atoms with E-state index in [2.05, 4.69) is 43.2 Å². The minimum Gasteiger partial charge on any atom is -0.496 e. The minimum absolute atomic E-state index is 0.0166. The molecule has 7 nitrogen and oxygen atoms in total. The van der Waals surface area contributed by atoms with Gasteiger partial charge in [0.2, 0.25) is 0 Å². The molecule has 1 aliphatic heterocycles. The lowest BCUT2D eigenvalue weighted by molar-refractivity contribution is 0.0693. The lowest BCUT2D eigenvalue weighted by Crippen LogP contribution is -2.32. The number of nitrogens with one attached hydrogen (secondary N) is 1. The van der Waals surface area contributed by atoms with Crippen molar-refractivity contribution in [2.24, 2.45) is 5.41 Å². The van der Waals surface area contributed by atoms with Crippen LogP contribution in [0.2, 0.25) is 0 Å². The number of fused-ring (bicyclic) bond motifs is 3. The lowest BCUT2D eigenvalue weighted by Gasteiger charge is -2.39. The summed E-state index contributed by atoms with van der Waals surface area (Å²) in [5.74, 6) is 0.353. The molecule has 2 N–H and O–H groups in total. The molecular formula is C28H31N3O4. The molecule has 0 bridgehead atoms. The molecule has 182 valence electrons. The average molecular weight is 474 g/mol. The van der Waals surface area contributed by atoms with Crippen LogP contribution >= 0.6 is 0 Å². The second-order valence-corrected chi connectivity index (χ2v) is 10.6. The molecule has 3 aromatic rings. The quantitative estimate of drug-likeness (QED) is 0.516. The first kappa shape index (κ1) is 23.1. The highest BCUT2D eigenvalue weighted by Gasteiger charge is 2.34. The summed E-state index contributed by atoms with van der Waals surface area (Å²) in [4.78, 5) is 28.9. The monoisotopic (exact) mass is 473 g/mol. The van der Waals surface area contributed by atoms with E-state index >= 15 is 0 Å². The van der Waals surface area contributed by atoms with Gasteiger partial charge in [0, 0.05) is 47.2 Å². The molecule has 2 aromatic heterocycles. The fraction of sp³-hybridized carbons (Fsp3) is 0.393. The van der Waals surface area contributed by atoms with Gasteiger partial charge in [0.1, 0.15) is 17.1 Å². The van der Waals surface area contributed by atoms with Crippen molar-refractivity contribution >= 4 is 11.8 Å². The molecule has 0 saturated heterocycles. The van der Waals surface area contributed by atoms with Crippen LogP contribution in [0, 0.1) is 5.41 Å². The van der Waals surface area contributed by atoms with Crippen molar-refractivity contribution in [1.82, 2.24) is 9.55 Å². The number of pyridine rings is 2. The van der Waals surface area contributed by atoms with Crippen molar-refractivity contribution < 1.29 is 14.6 Å². The molecule has 1 aliphatic carbocycles. The third kappa shape index (κ3) is 4.20. The first-order valence-corrected chi connectivity index (χ1v) is 12.1. The van der Waals surface area contributed by atoms with Gasteiger partial charge in [0.05, 0.1) is 12.8 Å². The smallest absolute Gasteiger partial charge is 0.341 e. The molecule has 0 radical (unpaired) electrons. The molecule has 35 heavy (non-hydrogen) atoms. The van der Waals surface area contributed by atoms with Gasteiger partial charge in [0.15, 0.2) is 5.43 Å². The topological polar surface area (TPSA) is 93.4 Å². The van der Waals surface area contributed by atoms with Gasteiger partial charge >= 0.3 is 5.97 Å². The summed E-state index contributed by atoms with van der Waals surface area (Å²) in [6, 6.07) is 10.1. The zero-order valence-corrected chi connectivity index (χ0v) is 20.6. The summed E-state index contributed by atoms with van der Waals surface area (Å²) in [5.41, 5.74) is 3.73. The number of carboxylic acid groups (broad SMARTS) is 1. The Labute approximate surface area is 204 Å². The van der Waals surface area contributed by atoms with Crippen LogP contribution in [-0.2, 0) is 6.42 Å². The van der Waals surface area contributed by atoms with Crippen LogP contribution in [0.15, 0.2) is 47.5 Å². The number of carbonyl (C=O) groups is 1. The van der Waals surface area contributed by atoms with E-state index in [0.717, 1.165) is 28.1 Å². The summed E-state index contributed by atoms with van der Waals surface area (Å²) in [6.07, 6.45) is 7.72. The van der Waals surface area contributed by atoms with Gasteiger partial charge in [-0.05, 0) is 60.9 Å². The number of carboxylic acids is 1. The maximum absolute atomic E-state index is 12.6. The van der Waals surface area contributed by atoms with E-state index < -0.39 is 11.4 Å². The average Bonchev–Trinajstić information content (AvgIpc) is 2.79.